The van der Waals surface area contributed by atoms with E-state index in [9.17, 15) is 8.42 Å². The van der Waals surface area contributed by atoms with Crippen LogP contribution < -0.4 is 10.0 Å². The van der Waals surface area contributed by atoms with Crippen LogP contribution in [0.2, 0.25) is 0 Å². The van der Waals surface area contributed by atoms with E-state index in [1.807, 2.05) is 50.4 Å². The second-order valence-corrected chi connectivity index (χ2v) is 11.0. The molecule has 0 aliphatic carbocycles. The molecule has 7 heteroatoms. The van der Waals surface area contributed by atoms with Crippen LogP contribution in [0.1, 0.15) is 73.0 Å². The molecule has 0 fully saturated rings. The van der Waals surface area contributed by atoms with Gasteiger partial charge in [-0.15, -0.1) is 6.58 Å². The highest BCUT2D eigenvalue weighted by molar-refractivity contribution is 7.93. The average molecular weight is 510 g/mol. The van der Waals surface area contributed by atoms with E-state index in [4.69, 9.17) is 4.52 Å². The smallest absolute Gasteiger partial charge is 0.264 e. The molecule has 0 saturated carbocycles. The van der Waals surface area contributed by atoms with Crippen molar-refractivity contribution >= 4 is 15.8 Å². The number of allylic oxidation sites excluding steroid dienone is 1. The summed E-state index contributed by atoms with van der Waals surface area (Å²) in [6.07, 6.45) is 7.49. The van der Waals surface area contributed by atoms with E-state index in [1.54, 1.807) is 13.8 Å². The maximum Gasteiger partial charge on any atom is 0.264 e. The minimum atomic E-state index is -3.98. The number of aryl methyl sites for hydroxylation is 1. The number of nitrogens with zero attached hydrogens (tertiary/aromatic N) is 1. The highest BCUT2D eigenvalue weighted by Gasteiger charge is 2.28. The zero-order chi connectivity index (χ0) is 26.3. The van der Waals surface area contributed by atoms with Gasteiger partial charge in [0.05, 0.1) is 4.90 Å². The molecule has 0 spiro atoms. The van der Waals surface area contributed by atoms with Crippen molar-refractivity contribution in [3.05, 3.63) is 77.1 Å². The predicted octanol–water partition coefficient (Wildman–Crippen LogP) is 7.03. The molecule has 0 amide bonds. The fourth-order valence-corrected chi connectivity index (χ4v) is 6.21. The lowest BCUT2D eigenvalue weighted by Crippen LogP contribution is -2.18. The van der Waals surface area contributed by atoms with Crippen LogP contribution in [0.4, 0.5) is 5.82 Å². The lowest BCUT2D eigenvalue weighted by atomic mass is 9.87. The van der Waals surface area contributed by atoms with Crippen molar-refractivity contribution in [2.75, 3.05) is 11.8 Å². The minimum absolute atomic E-state index is 0.0773. The predicted molar refractivity (Wildman–Crippen MR) is 148 cm³/mol. The highest BCUT2D eigenvalue weighted by atomic mass is 32.2. The van der Waals surface area contributed by atoms with Crippen LogP contribution in [0.15, 0.2) is 58.5 Å². The molecule has 0 radical (unpaired) electrons. The van der Waals surface area contributed by atoms with Crippen molar-refractivity contribution in [2.24, 2.45) is 0 Å². The molecule has 36 heavy (non-hydrogen) atoms. The van der Waals surface area contributed by atoms with E-state index in [2.05, 4.69) is 34.8 Å². The molecule has 0 aliphatic heterocycles. The van der Waals surface area contributed by atoms with Gasteiger partial charge in [0.25, 0.3) is 10.0 Å². The third-order valence-electron chi connectivity index (χ3n) is 6.83. The van der Waals surface area contributed by atoms with E-state index in [-0.39, 0.29) is 16.6 Å². The van der Waals surface area contributed by atoms with Gasteiger partial charge in [-0.2, -0.15) is 0 Å². The maximum absolute atomic E-state index is 14.0. The Morgan fingerprint density at radius 3 is 2.42 bits per heavy atom. The number of sulfonamides is 1. The summed E-state index contributed by atoms with van der Waals surface area (Å²) in [5.74, 6) is 0.872. The number of rotatable bonds is 13. The zero-order valence-electron chi connectivity index (χ0n) is 22.1. The van der Waals surface area contributed by atoms with Crippen LogP contribution in [0.3, 0.4) is 0 Å². The monoisotopic (exact) mass is 509 g/mol. The summed E-state index contributed by atoms with van der Waals surface area (Å²) in [5.41, 5.74) is 4.97. The van der Waals surface area contributed by atoms with Gasteiger partial charge in [-0.05, 0) is 56.5 Å². The first kappa shape index (κ1) is 27.7. The van der Waals surface area contributed by atoms with Gasteiger partial charge in [-0.3, -0.25) is 4.72 Å². The van der Waals surface area contributed by atoms with E-state index in [1.165, 1.54) is 12.8 Å². The Balaban J connectivity index is 2.18. The fourth-order valence-electron chi connectivity index (χ4n) is 4.68. The SMILES string of the molecule is C=CC(CCCCCC)c1ccc(-c2ccccc2CNC)c(S(=O)(=O)Nc2noc(C)c2C)c1C. The third kappa shape index (κ3) is 6.08. The maximum atomic E-state index is 14.0. The number of anilines is 1. The molecule has 0 bridgehead atoms. The van der Waals surface area contributed by atoms with Crippen LogP contribution in [0.5, 0.6) is 0 Å². The van der Waals surface area contributed by atoms with Crippen molar-refractivity contribution in [2.45, 2.75) is 77.2 Å². The van der Waals surface area contributed by atoms with Crippen LogP contribution in [0.25, 0.3) is 11.1 Å². The largest absolute Gasteiger partial charge is 0.359 e. The Kier molecular flexibility index (Phi) is 9.51. The molecular formula is C29H39N3O3S. The number of hydrogen-bond acceptors (Lipinski definition) is 5. The molecule has 1 unspecified atom stereocenters. The Morgan fingerprint density at radius 1 is 1.03 bits per heavy atom. The van der Waals surface area contributed by atoms with E-state index < -0.39 is 10.0 Å². The van der Waals surface area contributed by atoms with E-state index in [0.717, 1.165) is 41.5 Å². The Hall–Kier alpha value is -2.90. The standard InChI is InChI=1S/C29H39N3O3S/c1-7-9-10-11-14-23(8-2)25-17-18-27(26-16-13-12-15-24(26)19-30-6)28(21(25)4)36(33,34)32-29-20(3)22(5)35-31-29/h8,12-13,15-18,23,30H,2,7,9-11,14,19H2,1,3-6H3,(H,31,32). The topological polar surface area (TPSA) is 84.2 Å². The summed E-state index contributed by atoms with van der Waals surface area (Å²) in [7, 11) is -2.10. The second-order valence-electron chi connectivity index (χ2n) is 9.35. The first-order chi connectivity index (χ1) is 17.2. The zero-order valence-corrected chi connectivity index (χ0v) is 23.0. The lowest BCUT2D eigenvalue weighted by Gasteiger charge is -2.22. The molecule has 6 nitrogen and oxygen atoms in total. The van der Waals surface area contributed by atoms with Gasteiger partial charge < -0.3 is 9.84 Å². The van der Waals surface area contributed by atoms with Crippen LogP contribution in [0, 0.1) is 20.8 Å². The molecular weight excluding hydrogens is 470 g/mol. The van der Waals surface area contributed by atoms with Gasteiger partial charge in [-0.25, -0.2) is 8.42 Å². The number of unbranched alkanes of at least 4 members (excludes halogenated alkanes) is 3. The Bertz CT molecular complexity index is 1300. The molecule has 2 aromatic carbocycles. The molecule has 1 atom stereocenters. The lowest BCUT2D eigenvalue weighted by molar-refractivity contribution is 0.399. The summed E-state index contributed by atoms with van der Waals surface area (Å²) < 4.78 is 35.9. The van der Waals surface area contributed by atoms with Gasteiger partial charge in [0.15, 0.2) is 5.82 Å². The van der Waals surface area contributed by atoms with Crippen molar-refractivity contribution in [1.82, 2.24) is 10.5 Å². The fraction of sp³-hybridized carbons (Fsp3) is 0.414. The van der Waals surface area contributed by atoms with Gasteiger partial charge in [0, 0.05) is 23.6 Å². The van der Waals surface area contributed by atoms with Crippen molar-refractivity contribution in [1.29, 1.82) is 0 Å². The first-order valence-electron chi connectivity index (χ1n) is 12.7. The summed E-state index contributed by atoms with van der Waals surface area (Å²) >= 11 is 0. The van der Waals surface area contributed by atoms with Crippen LogP contribution in [-0.2, 0) is 16.6 Å². The van der Waals surface area contributed by atoms with Gasteiger partial charge in [0.1, 0.15) is 5.76 Å². The normalized spacial score (nSPS) is 12.5. The molecule has 3 aromatic rings. The summed E-state index contributed by atoms with van der Waals surface area (Å²) in [6, 6.07) is 11.9. The quantitative estimate of drug-likeness (QED) is 0.191. The number of nitrogens with one attached hydrogen (secondary N) is 2. The first-order valence-corrected chi connectivity index (χ1v) is 14.2. The number of benzene rings is 2. The van der Waals surface area contributed by atoms with Gasteiger partial charge >= 0.3 is 0 Å². The van der Waals surface area contributed by atoms with Crippen molar-refractivity contribution < 1.29 is 12.9 Å². The molecule has 1 heterocycles. The molecule has 1 aromatic heterocycles. The molecule has 194 valence electrons. The third-order valence-corrected chi connectivity index (χ3v) is 8.36. The minimum Gasteiger partial charge on any atom is -0.359 e. The van der Waals surface area contributed by atoms with E-state index in [0.29, 0.717) is 23.4 Å². The van der Waals surface area contributed by atoms with E-state index >= 15 is 0 Å². The average Bonchev–Trinajstić information content (AvgIpc) is 3.16. The van der Waals surface area contributed by atoms with Gasteiger partial charge in [0.2, 0.25) is 0 Å². The summed E-state index contributed by atoms with van der Waals surface area (Å²) in [5, 5.41) is 7.13. The van der Waals surface area contributed by atoms with Crippen molar-refractivity contribution in [3.8, 4) is 11.1 Å². The molecule has 3 rings (SSSR count). The Morgan fingerprint density at radius 2 is 1.78 bits per heavy atom. The number of hydrogen-bond donors (Lipinski definition) is 2. The van der Waals surface area contributed by atoms with Crippen LogP contribution in [-0.4, -0.2) is 20.6 Å². The highest BCUT2D eigenvalue weighted by Crippen LogP contribution is 2.38. The second kappa shape index (κ2) is 12.4. The van der Waals surface area contributed by atoms with Crippen LogP contribution >= 0.6 is 0 Å². The van der Waals surface area contributed by atoms with Crippen molar-refractivity contribution in [3.63, 3.8) is 0 Å². The Labute approximate surface area is 216 Å². The molecule has 0 saturated heterocycles. The number of aromatic nitrogens is 1. The van der Waals surface area contributed by atoms with Gasteiger partial charge in [-0.1, -0.05) is 80.2 Å². The molecule has 0 aliphatic rings. The summed E-state index contributed by atoms with van der Waals surface area (Å²) in [4.78, 5) is 0.268. The summed E-state index contributed by atoms with van der Waals surface area (Å²) in [6.45, 7) is 12.3. The molecule has 2 N–H and O–H groups in total.